The van der Waals surface area contributed by atoms with Gasteiger partial charge in [-0.25, -0.2) is 0 Å². The Bertz CT molecular complexity index is 198. The van der Waals surface area contributed by atoms with Gasteiger partial charge in [0.1, 0.15) is 0 Å². The Labute approximate surface area is 105 Å². The number of aliphatic hydroxyl groups excluding tert-OH is 1. The third kappa shape index (κ3) is 4.94. The molecule has 0 aromatic rings. The number of nitrogens with one attached hydrogen (secondary N) is 1. The average Bonchev–Trinajstić information content (AvgIpc) is 2.88. The molecule has 100 valence electrons. The summed E-state index contributed by atoms with van der Waals surface area (Å²) in [6.07, 6.45) is 11.6. The van der Waals surface area contributed by atoms with Gasteiger partial charge in [-0.05, 0) is 25.7 Å². The van der Waals surface area contributed by atoms with Crippen LogP contribution in [0, 0.1) is 0 Å². The third-order valence-electron chi connectivity index (χ3n) is 4.07. The summed E-state index contributed by atoms with van der Waals surface area (Å²) in [5.74, 6) is 0. The first-order valence-electron chi connectivity index (χ1n) is 7.37. The Kier molecular flexibility index (Phi) is 5.75. The van der Waals surface area contributed by atoms with Gasteiger partial charge in [0.25, 0.3) is 0 Å². The SMILES string of the molecule is OC(CNC1CCCCC1)COC1CCCC1. The molecule has 2 aliphatic rings. The highest BCUT2D eigenvalue weighted by molar-refractivity contribution is 4.74. The van der Waals surface area contributed by atoms with E-state index in [9.17, 15) is 5.11 Å². The van der Waals surface area contributed by atoms with Crippen LogP contribution in [0.5, 0.6) is 0 Å². The predicted molar refractivity (Wildman–Crippen MR) is 69.1 cm³/mol. The molecule has 0 aliphatic heterocycles. The van der Waals surface area contributed by atoms with Gasteiger partial charge in [-0.3, -0.25) is 0 Å². The van der Waals surface area contributed by atoms with Crippen molar-refractivity contribution in [3.63, 3.8) is 0 Å². The van der Waals surface area contributed by atoms with Crippen molar-refractivity contribution in [3.05, 3.63) is 0 Å². The zero-order valence-electron chi connectivity index (χ0n) is 10.9. The molecule has 1 unspecified atom stereocenters. The maximum absolute atomic E-state index is 9.85. The minimum Gasteiger partial charge on any atom is -0.389 e. The molecule has 0 radical (unpaired) electrons. The standard InChI is InChI=1S/C14H27NO2/c16-13(11-17-14-8-4-5-9-14)10-15-12-6-2-1-3-7-12/h12-16H,1-11H2. The number of rotatable bonds is 6. The normalized spacial score (nSPS) is 25.2. The van der Waals surface area contributed by atoms with Gasteiger partial charge >= 0.3 is 0 Å². The van der Waals surface area contributed by atoms with E-state index in [1.807, 2.05) is 0 Å². The molecule has 1 atom stereocenters. The second-order valence-electron chi connectivity index (χ2n) is 5.64. The van der Waals surface area contributed by atoms with Gasteiger partial charge in [-0.1, -0.05) is 32.1 Å². The van der Waals surface area contributed by atoms with E-state index in [0.717, 1.165) is 0 Å². The van der Waals surface area contributed by atoms with Crippen LogP contribution in [0.2, 0.25) is 0 Å². The molecule has 17 heavy (non-hydrogen) atoms. The van der Waals surface area contributed by atoms with Crippen LogP contribution < -0.4 is 5.32 Å². The van der Waals surface area contributed by atoms with Crippen LogP contribution in [0.15, 0.2) is 0 Å². The lowest BCUT2D eigenvalue weighted by molar-refractivity contribution is -0.00656. The Morgan fingerprint density at radius 2 is 1.65 bits per heavy atom. The minimum atomic E-state index is -0.336. The molecule has 3 heteroatoms. The summed E-state index contributed by atoms with van der Waals surface area (Å²) in [5.41, 5.74) is 0. The fourth-order valence-electron chi connectivity index (χ4n) is 2.97. The fourth-order valence-corrected chi connectivity index (χ4v) is 2.97. The molecule has 0 spiro atoms. The minimum absolute atomic E-state index is 0.336. The highest BCUT2D eigenvalue weighted by atomic mass is 16.5. The van der Waals surface area contributed by atoms with E-state index in [1.165, 1.54) is 57.8 Å². The van der Waals surface area contributed by atoms with E-state index in [2.05, 4.69) is 5.32 Å². The van der Waals surface area contributed by atoms with Crippen molar-refractivity contribution in [1.29, 1.82) is 0 Å². The smallest absolute Gasteiger partial charge is 0.0897 e. The molecule has 0 saturated heterocycles. The van der Waals surface area contributed by atoms with E-state index >= 15 is 0 Å². The van der Waals surface area contributed by atoms with E-state index in [4.69, 9.17) is 4.74 Å². The van der Waals surface area contributed by atoms with Crippen LogP contribution in [-0.2, 0) is 4.74 Å². The topological polar surface area (TPSA) is 41.5 Å². The lowest BCUT2D eigenvalue weighted by atomic mass is 9.95. The van der Waals surface area contributed by atoms with Crippen LogP contribution in [-0.4, -0.2) is 36.5 Å². The van der Waals surface area contributed by atoms with Gasteiger partial charge in [0.15, 0.2) is 0 Å². The fraction of sp³-hybridized carbons (Fsp3) is 1.00. The molecule has 0 heterocycles. The highest BCUT2D eigenvalue weighted by Crippen LogP contribution is 2.21. The first-order valence-corrected chi connectivity index (χ1v) is 7.37. The maximum Gasteiger partial charge on any atom is 0.0897 e. The van der Waals surface area contributed by atoms with Crippen molar-refractivity contribution in [2.24, 2.45) is 0 Å². The number of aliphatic hydroxyl groups is 1. The van der Waals surface area contributed by atoms with Crippen molar-refractivity contribution >= 4 is 0 Å². The van der Waals surface area contributed by atoms with Gasteiger partial charge in [0, 0.05) is 12.6 Å². The second kappa shape index (κ2) is 7.34. The molecule has 3 nitrogen and oxygen atoms in total. The van der Waals surface area contributed by atoms with Crippen LogP contribution in [0.25, 0.3) is 0 Å². The summed E-state index contributed by atoms with van der Waals surface area (Å²) >= 11 is 0. The van der Waals surface area contributed by atoms with Crippen molar-refractivity contribution in [3.8, 4) is 0 Å². The summed E-state index contributed by atoms with van der Waals surface area (Å²) < 4.78 is 5.71. The number of hydrogen-bond donors (Lipinski definition) is 2. The van der Waals surface area contributed by atoms with Gasteiger partial charge in [-0.15, -0.1) is 0 Å². The highest BCUT2D eigenvalue weighted by Gasteiger charge is 2.18. The van der Waals surface area contributed by atoms with Crippen LogP contribution in [0.4, 0.5) is 0 Å². The molecule has 2 fully saturated rings. The Balaban J connectivity index is 1.52. The average molecular weight is 241 g/mol. The van der Waals surface area contributed by atoms with Gasteiger partial charge in [0.2, 0.25) is 0 Å². The first-order chi connectivity index (χ1) is 8.34. The molecular formula is C14H27NO2. The maximum atomic E-state index is 9.85. The third-order valence-corrected chi connectivity index (χ3v) is 4.07. The van der Waals surface area contributed by atoms with Crippen molar-refractivity contribution in [1.82, 2.24) is 5.32 Å². The van der Waals surface area contributed by atoms with Gasteiger partial charge < -0.3 is 15.2 Å². The second-order valence-corrected chi connectivity index (χ2v) is 5.64. The summed E-state index contributed by atoms with van der Waals surface area (Å²) in [4.78, 5) is 0. The summed E-state index contributed by atoms with van der Waals surface area (Å²) in [6, 6.07) is 0.630. The largest absolute Gasteiger partial charge is 0.389 e. The van der Waals surface area contributed by atoms with Crippen molar-refractivity contribution < 1.29 is 9.84 Å². The summed E-state index contributed by atoms with van der Waals surface area (Å²) in [7, 11) is 0. The molecule has 0 bridgehead atoms. The number of ether oxygens (including phenoxy) is 1. The Hall–Kier alpha value is -0.120. The van der Waals surface area contributed by atoms with E-state index in [0.29, 0.717) is 25.3 Å². The lowest BCUT2D eigenvalue weighted by Crippen LogP contribution is -2.38. The Morgan fingerprint density at radius 3 is 2.35 bits per heavy atom. The molecule has 0 amide bonds. The molecule has 2 saturated carbocycles. The quantitative estimate of drug-likeness (QED) is 0.749. The molecule has 2 aliphatic carbocycles. The molecule has 0 aromatic heterocycles. The lowest BCUT2D eigenvalue weighted by Gasteiger charge is -2.24. The van der Waals surface area contributed by atoms with Crippen LogP contribution >= 0.6 is 0 Å². The Morgan fingerprint density at radius 1 is 1.00 bits per heavy atom. The number of hydrogen-bond acceptors (Lipinski definition) is 3. The van der Waals surface area contributed by atoms with E-state index in [1.54, 1.807) is 0 Å². The van der Waals surface area contributed by atoms with Crippen LogP contribution in [0.3, 0.4) is 0 Å². The molecule has 2 rings (SSSR count). The van der Waals surface area contributed by atoms with Gasteiger partial charge in [-0.2, -0.15) is 0 Å². The molecule has 0 aromatic carbocycles. The van der Waals surface area contributed by atoms with Crippen LogP contribution in [0.1, 0.15) is 57.8 Å². The summed E-state index contributed by atoms with van der Waals surface area (Å²) in [6.45, 7) is 1.20. The van der Waals surface area contributed by atoms with Gasteiger partial charge in [0.05, 0.1) is 18.8 Å². The van der Waals surface area contributed by atoms with Crippen molar-refractivity contribution in [2.45, 2.75) is 76.0 Å². The monoisotopic (exact) mass is 241 g/mol. The van der Waals surface area contributed by atoms with E-state index in [-0.39, 0.29) is 6.10 Å². The first kappa shape index (κ1) is 13.3. The van der Waals surface area contributed by atoms with Crippen molar-refractivity contribution in [2.75, 3.05) is 13.2 Å². The predicted octanol–water partition coefficient (Wildman–Crippen LogP) is 2.23. The zero-order chi connectivity index (χ0) is 11.9. The summed E-state index contributed by atoms with van der Waals surface area (Å²) in [5, 5.41) is 13.3. The van der Waals surface area contributed by atoms with E-state index < -0.39 is 0 Å². The molecule has 2 N–H and O–H groups in total. The zero-order valence-corrected chi connectivity index (χ0v) is 10.9. The molecular weight excluding hydrogens is 214 g/mol.